The lowest BCUT2D eigenvalue weighted by molar-refractivity contribution is -0.142. The number of methoxy groups -OCH3 is 2. The van der Waals surface area contributed by atoms with E-state index in [0.29, 0.717) is 28.8 Å². The van der Waals surface area contributed by atoms with Gasteiger partial charge in [-0.05, 0) is 18.2 Å². The van der Waals surface area contributed by atoms with Gasteiger partial charge in [0.05, 0.1) is 20.8 Å². The smallest absolute Gasteiger partial charge is 0.343 e. The minimum absolute atomic E-state index is 0.230. The summed E-state index contributed by atoms with van der Waals surface area (Å²) in [7, 11) is 2.74. The summed E-state index contributed by atoms with van der Waals surface area (Å²) in [6, 6.07) is 4.70. The van der Waals surface area contributed by atoms with Gasteiger partial charge in [-0.2, -0.15) is 0 Å². The molecular weight excluding hydrogens is 308 g/mol. The van der Waals surface area contributed by atoms with E-state index in [9.17, 15) is 9.59 Å². The van der Waals surface area contributed by atoms with E-state index >= 15 is 0 Å². The van der Waals surface area contributed by atoms with Crippen LogP contribution in [0.15, 0.2) is 23.2 Å². The number of esters is 1. The molecule has 0 aliphatic carbocycles. The molecule has 1 aromatic carbocycles. The fourth-order valence-corrected chi connectivity index (χ4v) is 2.43. The first-order valence-electron chi connectivity index (χ1n) is 6.50. The molecule has 0 spiro atoms. The number of ether oxygens (including phenoxy) is 3. The van der Waals surface area contributed by atoms with E-state index < -0.39 is 5.97 Å². The number of hydrogen-bond acceptors (Lipinski definition) is 7. The van der Waals surface area contributed by atoms with E-state index in [4.69, 9.17) is 9.47 Å². The molecule has 22 heavy (non-hydrogen) atoms. The highest BCUT2D eigenvalue weighted by Crippen LogP contribution is 2.28. The van der Waals surface area contributed by atoms with Crippen LogP contribution in [0.3, 0.4) is 0 Å². The van der Waals surface area contributed by atoms with Crippen molar-refractivity contribution in [1.82, 2.24) is 5.32 Å². The van der Waals surface area contributed by atoms with Crippen molar-refractivity contribution in [3.63, 3.8) is 0 Å². The second-order valence-electron chi connectivity index (χ2n) is 4.22. The zero-order chi connectivity index (χ0) is 15.9. The molecule has 1 N–H and O–H groups in total. The standard InChI is InChI=1S/C14H16N2O5S/c1-19-11-7-9(13(18)16-14-15-5-6-22-14)3-4-10(11)21-8-12(17)20-2/h3-4,7H,5-6,8H2,1-2H3,(H,15,16,18). The van der Waals surface area contributed by atoms with E-state index in [1.165, 1.54) is 26.0 Å². The first kappa shape index (κ1) is 16.2. The fraction of sp³-hybridized carbons (Fsp3) is 0.357. The Morgan fingerprint density at radius 1 is 1.32 bits per heavy atom. The van der Waals surface area contributed by atoms with Crippen molar-refractivity contribution in [2.24, 2.45) is 4.99 Å². The predicted molar refractivity (Wildman–Crippen MR) is 82.7 cm³/mol. The molecule has 1 aliphatic rings. The van der Waals surface area contributed by atoms with Gasteiger partial charge in [-0.25, -0.2) is 4.79 Å². The number of carbonyl (C=O) groups excluding carboxylic acids is 2. The number of nitrogens with one attached hydrogen (secondary N) is 1. The Labute approximate surface area is 132 Å². The molecule has 0 atom stereocenters. The van der Waals surface area contributed by atoms with E-state index in [1.54, 1.807) is 18.2 Å². The third kappa shape index (κ3) is 4.14. The van der Waals surface area contributed by atoms with Crippen LogP contribution in [-0.4, -0.2) is 50.2 Å². The lowest BCUT2D eigenvalue weighted by Gasteiger charge is -2.11. The highest BCUT2D eigenvalue weighted by atomic mass is 32.2. The van der Waals surface area contributed by atoms with Gasteiger partial charge in [0.25, 0.3) is 5.91 Å². The van der Waals surface area contributed by atoms with Gasteiger partial charge in [0.15, 0.2) is 23.3 Å². The van der Waals surface area contributed by atoms with Gasteiger partial charge < -0.3 is 19.5 Å². The zero-order valence-electron chi connectivity index (χ0n) is 12.3. The van der Waals surface area contributed by atoms with Crippen LogP contribution in [-0.2, 0) is 9.53 Å². The predicted octanol–water partition coefficient (Wildman–Crippen LogP) is 1.08. The quantitative estimate of drug-likeness (QED) is 0.816. The number of aliphatic imine (C=N–C) groups is 1. The van der Waals surface area contributed by atoms with Crippen LogP contribution in [0.2, 0.25) is 0 Å². The van der Waals surface area contributed by atoms with Crippen LogP contribution in [0, 0.1) is 0 Å². The maximum atomic E-state index is 12.1. The van der Waals surface area contributed by atoms with E-state index in [2.05, 4.69) is 15.0 Å². The van der Waals surface area contributed by atoms with E-state index in [1.807, 2.05) is 0 Å². The van der Waals surface area contributed by atoms with Crippen molar-refractivity contribution in [3.05, 3.63) is 23.8 Å². The lowest BCUT2D eigenvalue weighted by atomic mass is 10.2. The first-order chi connectivity index (χ1) is 10.6. The van der Waals surface area contributed by atoms with Gasteiger partial charge in [0, 0.05) is 11.3 Å². The Morgan fingerprint density at radius 3 is 2.77 bits per heavy atom. The summed E-state index contributed by atoms with van der Waals surface area (Å²) >= 11 is 1.50. The van der Waals surface area contributed by atoms with Crippen LogP contribution in [0.25, 0.3) is 0 Å². The molecule has 1 heterocycles. The highest BCUT2D eigenvalue weighted by Gasteiger charge is 2.15. The average molecular weight is 324 g/mol. The molecule has 0 unspecified atom stereocenters. The van der Waals surface area contributed by atoms with E-state index in [-0.39, 0.29) is 12.5 Å². The molecule has 0 bridgehead atoms. The number of benzene rings is 1. The summed E-state index contributed by atoms with van der Waals surface area (Å²) in [6.07, 6.45) is 0. The average Bonchev–Trinajstić information content (AvgIpc) is 3.05. The normalized spacial score (nSPS) is 13.3. The SMILES string of the molecule is COC(=O)COc1ccc(C(=O)NC2=NCCS2)cc1OC. The molecule has 0 saturated carbocycles. The third-order valence-electron chi connectivity index (χ3n) is 2.80. The second kappa shape index (κ2) is 7.69. The Hall–Kier alpha value is -2.22. The summed E-state index contributed by atoms with van der Waals surface area (Å²) < 4.78 is 15.0. The summed E-state index contributed by atoms with van der Waals surface area (Å²) in [6.45, 7) is 0.482. The first-order valence-corrected chi connectivity index (χ1v) is 7.49. The van der Waals surface area contributed by atoms with Gasteiger partial charge in [-0.3, -0.25) is 9.79 Å². The maximum Gasteiger partial charge on any atom is 0.343 e. The van der Waals surface area contributed by atoms with Crippen molar-refractivity contribution in [2.45, 2.75) is 0 Å². The van der Waals surface area contributed by atoms with Gasteiger partial charge in [0.2, 0.25) is 0 Å². The summed E-state index contributed by atoms with van der Waals surface area (Å²) in [4.78, 5) is 27.4. The van der Waals surface area contributed by atoms with Crippen LogP contribution < -0.4 is 14.8 Å². The minimum Gasteiger partial charge on any atom is -0.493 e. The van der Waals surface area contributed by atoms with Crippen LogP contribution >= 0.6 is 11.8 Å². The lowest BCUT2D eigenvalue weighted by Crippen LogP contribution is -2.27. The van der Waals surface area contributed by atoms with Crippen molar-refractivity contribution in [3.8, 4) is 11.5 Å². The number of amides is 1. The molecular formula is C14H16N2O5S. The van der Waals surface area contributed by atoms with Crippen molar-refractivity contribution in [1.29, 1.82) is 0 Å². The van der Waals surface area contributed by atoms with Gasteiger partial charge in [-0.15, -0.1) is 0 Å². The zero-order valence-corrected chi connectivity index (χ0v) is 13.1. The van der Waals surface area contributed by atoms with Crippen LogP contribution in [0.1, 0.15) is 10.4 Å². The van der Waals surface area contributed by atoms with Crippen molar-refractivity contribution < 1.29 is 23.8 Å². The number of rotatable bonds is 5. The van der Waals surface area contributed by atoms with Crippen LogP contribution in [0.5, 0.6) is 11.5 Å². The molecule has 0 aromatic heterocycles. The number of amidine groups is 1. The minimum atomic E-state index is -0.500. The number of thioether (sulfide) groups is 1. The molecule has 2 rings (SSSR count). The fourth-order valence-electron chi connectivity index (χ4n) is 1.70. The highest BCUT2D eigenvalue weighted by molar-refractivity contribution is 8.14. The summed E-state index contributed by atoms with van der Waals surface area (Å²) in [5.41, 5.74) is 0.414. The van der Waals surface area contributed by atoms with Gasteiger partial charge >= 0.3 is 5.97 Å². The maximum absolute atomic E-state index is 12.1. The van der Waals surface area contributed by atoms with Crippen molar-refractivity contribution >= 4 is 28.8 Å². The van der Waals surface area contributed by atoms with Crippen LogP contribution in [0.4, 0.5) is 0 Å². The number of nitrogens with zero attached hydrogens (tertiary/aromatic N) is 1. The van der Waals surface area contributed by atoms with Gasteiger partial charge in [0.1, 0.15) is 0 Å². The molecule has 1 amide bonds. The molecule has 118 valence electrons. The Bertz CT molecular complexity index is 603. The second-order valence-corrected chi connectivity index (χ2v) is 5.30. The van der Waals surface area contributed by atoms with Crippen molar-refractivity contribution in [2.75, 3.05) is 33.1 Å². The molecule has 1 aromatic rings. The van der Waals surface area contributed by atoms with E-state index in [0.717, 1.165) is 5.75 Å². The third-order valence-corrected chi connectivity index (χ3v) is 3.70. The molecule has 7 nitrogen and oxygen atoms in total. The number of hydrogen-bond donors (Lipinski definition) is 1. The topological polar surface area (TPSA) is 86.2 Å². The molecule has 0 saturated heterocycles. The monoisotopic (exact) mass is 324 g/mol. The molecule has 0 fully saturated rings. The molecule has 1 aliphatic heterocycles. The largest absolute Gasteiger partial charge is 0.493 e. The Kier molecular flexibility index (Phi) is 5.65. The Balaban J connectivity index is 2.07. The van der Waals surface area contributed by atoms with Gasteiger partial charge in [-0.1, -0.05) is 11.8 Å². The number of carbonyl (C=O) groups is 2. The molecule has 8 heteroatoms. The Morgan fingerprint density at radius 2 is 2.14 bits per heavy atom. The summed E-state index contributed by atoms with van der Waals surface area (Å²) in [5.74, 6) is 0.819. The molecule has 0 radical (unpaired) electrons. The summed E-state index contributed by atoms with van der Waals surface area (Å²) in [5, 5.41) is 3.35.